The molecule has 4 nitrogen and oxygen atoms in total. The summed E-state index contributed by atoms with van der Waals surface area (Å²) in [6.07, 6.45) is 2.50. The van der Waals surface area contributed by atoms with Gasteiger partial charge in [0.15, 0.2) is 0 Å². The zero-order valence-corrected chi connectivity index (χ0v) is 16.5. The molecule has 0 aliphatic carbocycles. The third kappa shape index (κ3) is 4.57. The van der Waals surface area contributed by atoms with Crippen LogP contribution in [0.5, 0.6) is 5.75 Å². The maximum atomic E-state index is 10.1. The Labute approximate surface area is 167 Å². The van der Waals surface area contributed by atoms with E-state index in [1.165, 1.54) is 18.5 Å². The third-order valence-corrected chi connectivity index (χ3v) is 6.11. The van der Waals surface area contributed by atoms with Gasteiger partial charge in [0.2, 0.25) is 0 Å². The first-order valence-electron chi connectivity index (χ1n) is 9.93. The van der Waals surface area contributed by atoms with Crippen LogP contribution in [-0.2, 0) is 6.54 Å². The molecule has 4 rings (SSSR count). The van der Waals surface area contributed by atoms with Crippen molar-refractivity contribution in [1.29, 1.82) is 0 Å². The van der Waals surface area contributed by atoms with Crippen molar-refractivity contribution in [2.45, 2.75) is 25.4 Å². The molecule has 2 fully saturated rings. The van der Waals surface area contributed by atoms with Gasteiger partial charge in [0.25, 0.3) is 0 Å². The van der Waals surface area contributed by atoms with Crippen molar-refractivity contribution < 1.29 is 5.11 Å². The molecule has 0 radical (unpaired) electrons. The number of aromatic hydroxyl groups is 1. The molecular weight excluding hydrogens is 358 g/mol. The van der Waals surface area contributed by atoms with Crippen molar-refractivity contribution in [3.05, 3.63) is 59.1 Å². The number of halogens is 1. The number of piperazine rings is 1. The number of phenolic OH excluding ortho intramolecular Hbond substituents is 1. The smallest absolute Gasteiger partial charge is 0.120 e. The van der Waals surface area contributed by atoms with Crippen molar-refractivity contribution >= 4 is 17.3 Å². The number of phenols is 1. The fourth-order valence-electron chi connectivity index (χ4n) is 4.38. The summed E-state index contributed by atoms with van der Waals surface area (Å²) < 4.78 is 0. The SMILES string of the molecule is Oc1ccccc1CN1CCCC(N2CCN(c3cccc(Cl)c3)CC2)C1. The van der Waals surface area contributed by atoms with E-state index in [1.807, 2.05) is 30.3 Å². The lowest BCUT2D eigenvalue weighted by Gasteiger charge is -2.44. The van der Waals surface area contributed by atoms with Crippen molar-refractivity contribution in [2.24, 2.45) is 0 Å². The summed E-state index contributed by atoms with van der Waals surface area (Å²) in [5.74, 6) is 0.412. The van der Waals surface area contributed by atoms with Crippen LogP contribution < -0.4 is 4.90 Å². The van der Waals surface area contributed by atoms with E-state index in [4.69, 9.17) is 11.6 Å². The lowest BCUT2D eigenvalue weighted by Crippen LogP contribution is -2.55. The highest BCUT2D eigenvalue weighted by atomic mass is 35.5. The van der Waals surface area contributed by atoms with Crippen molar-refractivity contribution in [2.75, 3.05) is 44.2 Å². The summed E-state index contributed by atoms with van der Waals surface area (Å²) in [4.78, 5) is 7.58. The molecule has 2 aliphatic heterocycles. The Bertz CT molecular complexity index is 761. The maximum Gasteiger partial charge on any atom is 0.120 e. The second kappa shape index (κ2) is 8.51. The van der Waals surface area contributed by atoms with Crippen molar-refractivity contribution in [3.8, 4) is 5.75 Å². The number of hydrogen-bond donors (Lipinski definition) is 1. The molecule has 27 heavy (non-hydrogen) atoms. The summed E-state index contributed by atoms with van der Waals surface area (Å²) in [7, 11) is 0. The molecule has 2 heterocycles. The number of hydrogen-bond acceptors (Lipinski definition) is 4. The predicted molar refractivity (Wildman–Crippen MR) is 112 cm³/mol. The van der Waals surface area contributed by atoms with E-state index >= 15 is 0 Å². The van der Waals surface area contributed by atoms with Crippen LogP contribution in [0, 0.1) is 0 Å². The zero-order chi connectivity index (χ0) is 18.6. The monoisotopic (exact) mass is 385 g/mol. The van der Waals surface area contributed by atoms with Gasteiger partial charge in [-0.3, -0.25) is 9.80 Å². The largest absolute Gasteiger partial charge is 0.508 e. The Morgan fingerprint density at radius 3 is 2.56 bits per heavy atom. The Hall–Kier alpha value is -1.75. The molecule has 0 aromatic heterocycles. The van der Waals surface area contributed by atoms with Gasteiger partial charge in [-0.2, -0.15) is 0 Å². The van der Waals surface area contributed by atoms with Gasteiger partial charge in [0, 0.05) is 61.6 Å². The number of nitrogens with zero attached hydrogens (tertiary/aromatic N) is 3. The molecule has 1 atom stereocenters. The second-order valence-electron chi connectivity index (χ2n) is 7.66. The highest BCUT2D eigenvalue weighted by Gasteiger charge is 2.28. The average molecular weight is 386 g/mol. The van der Waals surface area contributed by atoms with Gasteiger partial charge in [0.05, 0.1) is 0 Å². The van der Waals surface area contributed by atoms with Crippen LogP contribution in [0.4, 0.5) is 5.69 Å². The Morgan fingerprint density at radius 2 is 1.78 bits per heavy atom. The van der Waals surface area contributed by atoms with Crippen molar-refractivity contribution in [3.63, 3.8) is 0 Å². The summed E-state index contributed by atoms with van der Waals surface area (Å²) >= 11 is 6.15. The van der Waals surface area contributed by atoms with E-state index in [0.717, 1.165) is 56.4 Å². The minimum absolute atomic E-state index is 0.412. The van der Waals surface area contributed by atoms with Crippen LogP contribution in [0.25, 0.3) is 0 Å². The molecule has 0 bridgehead atoms. The first-order chi connectivity index (χ1) is 13.2. The second-order valence-corrected chi connectivity index (χ2v) is 8.10. The van der Waals surface area contributed by atoms with Gasteiger partial charge in [-0.15, -0.1) is 0 Å². The molecular formula is C22H28ClN3O. The van der Waals surface area contributed by atoms with E-state index in [0.29, 0.717) is 11.8 Å². The molecule has 1 N–H and O–H groups in total. The molecule has 0 amide bonds. The van der Waals surface area contributed by atoms with E-state index in [-0.39, 0.29) is 0 Å². The first kappa shape index (κ1) is 18.6. The van der Waals surface area contributed by atoms with Gasteiger partial charge < -0.3 is 10.0 Å². The Morgan fingerprint density at radius 1 is 0.963 bits per heavy atom. The molecule has 5 heteroatoms. The minimum Gasteiger partial charge on any atom is -0.508 e. The quantitative estimate of drug-likeness (QED) is 0.866. The van der Waals surface area contributed by atoms with E-state index in [1.54, 1.807) is 6.07 Å². The summed E-state index contributed by atoms with van der Waals surface area (Å²) in [5, 5.41) is 10.9. The van der Waals surface area contributed by atoms with E-state index in [2.05, 4.69) is 26.8 Å². The summed E-state index contributed by atoms with van der Waals surface area (Å²) in [6.45, 7) is 7.35. The molecule has 0 spiro atoms. The van der Waals surface area contributed by atoms with Crippen LogP contribution in [0.2, 0.25) is 5.02 Å². The molecule has 2 aliphatic rings. The normalized spacial score (nSPS) is 22.1. The number of rotatable bonds is 4. The molecule has 1 unspecified atom stereocenters. The highest BCUT2D eigenvalue weighted by molar-refractivity contribution is 6.30. The molecule has 144 valence electrons. The van der Waals surface area contributed by atoms with Gasteiger partial charge in [-0.1, -0.05) is 35.9 Å². The van der Waals surface area contributed by atoms with Crippen molar-refractivity contribution in [1.82, 2.24) is 9.80 Å². The average Bonchev–Trinajstić information content (AvgIpc) is 2.70. The van der Waals surface area contributed by atoms with Crippen LogP contribution in [0.15, 0.2) is 48.5 Å². The zero-order valence-electron chi connectivity index (χ0n) is 15.7. The Balaban J connectivity index is 1.32. The third-order valence-electron chi connectivity index (χ3n) is 5.87. The number of benzene rings is 2. The topological polar surface area (TPSA) is 30.0 Å². The number of likely N-dealkylation sites (tertiary alicyclic amines) is 1. The van der Waals surface area contributed by atoms with E-state index in [9.17, 15) is 5.11 Å². The van der Waals surface area contributed by atoms with E-state index < -0.39 is 0 Å². The number of piperidine rings is 1. The van der Waals surface area contributed by atoms with Gasteiger partial charge in [-0.25, -0.2) is 0 Å². The fourth-order valence-corrected chi connectivity index (χ4v) is 4.56. The fraction of sp³-hybridized carbons (Fsp3) is 0.455. The molecule has 0 saturated carbocycles. The standard InChI is InChI=1S/C22H28ClN3O/c23-19-6-3-7-20(15-19)25-11-13-26(14-12-25)21-8-4-10-24(17-21)16-18-5-1-2-9-22(18)27/h1-3,5-7,9,15,21,27H,4,8,10-14,16-17H2. The summed E-state index contributed by atoms with van der Waals surface area (Å²) in [5.41, 5.74) is 2.26. The minimum atomic E-state index is 0.412. The summed E-state index contributed by atoms with van der Waals surface area (Å²) in [6, 6.07) is 16.5. The highest BCUT2D eigenvalue weighted by Crippen LogP contribution is 2.25. The molecule has 2 aromatic rings. The van der Waals surface area contributed by atoms with Gasteiger partial charge >= 0.3 is 0 Å². The number of anilines is 1. The van der Waals surface area contributed by atoms with Gasteiger partial charge in [-0.05, 0) is 43.7 Å². The van der Waals surface area contributed by atoms with Crippen LogP contribution >= 0.6 is 11.6 Å². The van der Waals surface area contributed by atoms with Crippen LogP contribution in [-0.4, -0.2) is 60.2 Å². The lowest BCUT2D eigenvalue weighted by atomic mass is 10.0. The maximum absolute atomic E-state index is 10.1. The first-order valence-corrected chi connectivity index (χ1v) is 10.3. The van der Waals surface area contributed by atoms with Crippen LogP contribution in [0.3, 0.4) is 0 Å². The molecule has 2 saturated heterocycles. The van der Waals surface area contributed by atoms with Gasteiger partial charge in [0.1, 0.15) is 5.75 Å². The predicted octanol–water partition coefficient (Wildman–Crippen LogP) is 3.83. The Kier molecular flexibility index (Phi) is 5.86. The lowest BCUT2D eigenvalue weighted by molar-refractivity contribution is 0.0883. The van der Waals surface area contributed by atoms with Crippen LogP contribution in [0.1, 0.15) is 18.4 Å². The number of para-hydroxylation sites is 1. The molecule has 2 aromatic carbocycles.